The molecule has 0 unspecified atom stereocenters. The minimum absolute atomic E-state index is 0.257. The molecule has 4 rings (SSSR count). The van der Waals surface area contributed by atoms with Gasteiger partial charge in [-0.15, -0.1) is 0 Å². The lowest BCUT2D eigenvalue weighted by Crippen LogP contribution is -2.36. The highest BCUT2D eigenvalue weighted by Crippen LogP contribution is 2.23. The topological polar surface area (TPSA) is 75.5 Å². The maximum Gasteiger partial charge on any atom is 0.335 e. The van der Waals surface area contributed by atoms with Crippen LogP contribution in [0.2, 0.25) is 0 Å². The number of carbonyl (C=O) groups is 1. The van der Waals surface area contributed by atoms with Gasteiger partial charge in [-0.2, -0.15) is 0 Å². The molecule has 1 N–H and O–H groups in total. The summed E-state index contributed by atoms with van der Waals surface area (Å²) in [4.78, 5) is 22.2. The van der Waals surface area contributed by atoms with E-state index in [1.54, 1.807) is 6.07 Å². The summed E-state index contributed by atoms with van der Waals surface area (Å²) in [5.74, 6) is -0.938. The molecule has 1 aromatic carbocycles. The van der Waals surface area contributed by atoms with Gasteiger partial charge in [0.25, 0.3) is 0 Å². The van der Waals surface area contributed by atoms with E-state index < -0.39 is 5.97 Å². The molecule has 1 fully saturated rings. The fourth-order valence-corrected chi connectivity index (χ4v) is 3.19. The summed E-state index contributed by atoms with van der Waals surface area (Å²) in [6, 6.07) is 11.4. The Balaban J connectivity index is 1.61. The van der Waals surface area contributed by atoms with Gasteiger partial charge in [0.1, 0.15) is 0 Å². The van der Waals surface area contributed by atoms with Crippen LogP contribution in [0, 0.1) is 0 Å². The van der Waals surface area contributed by atoms with Gasteiger partial charge in [-0.1, -0.05) is 6.07 Å². The van der Waals surface area contributed by atoms with E-state index in [4.69, 9.17) is 9.84 Å². The van der Waals surface area contributed by atoms with E-state index in [0.29, 0.717) is 6.42 Å². The van der Waals surface area contributed by atoms with E-state index in [-0.39, 0.29) is 5.56 Å². The van der Waals surface area contributed by atoms with Crippen molar-refractivity contribution in [1.29, 1.82) is 0 Å². The van der Waals surface area contributed by atoms with Crippen molar-refractivity contribution in [3.63, 3.8) is 0 Å². The second kappa shape index (κ2) is 7.09. The Hall–Kier alpha value is -2.99. The molecule has 0 atom stereocenters. The number of morpholine rings is 1. The molecule has 1 aliphatic heterocycles. The van der Waals surface area contributed by atoms with Crippen LogP contribution >= 0.6 is 0 Å². The van der Waals surface area contributed by atoms with E-state index in [0.717, 1.165) is 54.2 Å². The van der Waals surface area contributed by atoms with Gasteiger partial charge in [-0.3, -0.25) is 9.97 Å². The molecule has 0 spiro atoms. The predicted molar refractivity (Wildman–Crippen MR) is 98.8 cm³/mol. The number of aromatic carboxylic acids is 1. The summed E-state index contributed by atoms with van der Waals surface area (Å²) in [5, 5.41) is 10.2. The Kier molecular flexibility index (Phi) is 4.50. The summed E-state index contributed by atoms with van der Waals surface area (Å²) in [5.41, 5.74) is 4.11. The molecule has 0 aliphatic carbocycles. The van der Waals surface area contributed by atoms with Gasteiger partial charge in [0.15, 0.2) is 0 Å². The molecule has 0 saturated carbocycles. The summed E-state index contributed by atoms with van der Waals surface area (Å²) >= 11 is 0. The SMILES string of the molecule is O=C(O)c1ccnc(Cc2ccc3ncc(N4CCOCC4)cc3c2)c1. The molecule has 26 heavy (non-hydrogen) atoms. The second-order valence-corrected chi connectivity index (χ2v) is 6.34. The average molecular weight is 349 g/mol. The third-order valence-electron chi connectivity index (χ3n) is 4.56. The van der Waals surface area contributed by atoms with Crippen LogP contribution in [0.25, 0.3) is 10.9 Å². The van der Waals surface area contributed by atoms with Crippen molar-refractivity contribution in [3.05, 3.63) is 65.6 Å². The fourth-order valence-electron chi connectivity index (χ4n) is 3.19. The molecule has 6 heteroatoms. The van der Waals surface area contributed by atoms with E-state index in [1.165, 1.54) is 12.3 Å². The van der Waals surface area contributed by atoms with Crippen LogP contribution in [0.4, 0.5) is 5.69 Å². The number of anilines is 1. The molecule has 1 saturated heterocycles. The zero-order chi connectivity index (χ0) is 17.9. The smallest absolute Gasteiger partial charge is 0.335 e. The van der Waals surface area contributed by atoms with Gasteiger partial charge in [-0.05, 0) is 35.9 Å². The summed E-state index contributed by atoms with van der Waals surface area (Å²) < 4.78 is 5.41. The van der Waals surface area contributed by atoms with Crippen LogP contribution in [0.1, 0.15) is 21.6 Å². The number of pyridine rings is 2. The Morgan fingerprint density at radius 2 is 1.96 bits per heavy atom. The van der Waals surface area contributed by atoms with Crippen molar-refractivity contribution in [2.75, 3.05) is 31.2 Å². The molecular weight excluding hydrogens is 330 g/mol. The average Bonchev–Trinajstić information content (AvgIpc) is 2.68. The first kappa shape index (κ1) is 16.5. The van der Waals surface area contributed by atoms with Crippen LogP contribution in [-0.4, -0.2) is 47.3 Å². The van der Waals surface area contributed by atoms with Gasteiger partial charge in [0.2, 0.25) is 0 Å². The largest absolute Gasteiger partial charge is 0.478 e. The van der Waals surface area contributed by atoms with Gasteiger partial charge < -0.3 is 14.7 Å². The van der Waals surface area contributed by atoms with Gasteiger partial charge >= 0.3 is 5.97 Å². The number of nitrogens with zero attached hydrogens (tertiary/aromatic N) is 3. The first-order valence-electron chi connectivity index (χ1n) is 8.59. The molecular formula is C20H19N3O3. The first-order valence-corrected chi connectivity index (χ1v) is 8.59. The number of rotatable bonds is 4. The highest BCUT2D eigenvalue weighted by molar-refractivity contribution is 5.87. The van der Waals surface area contributed by atoms with E-state index in [9.17, 15) is 4.79 Å². The predicted octanol–water partition coefficient (Wildman–Crippen LogP) is 2.76. The molecule has 3 aromatic rings. The Morgan fingerprint density at radius 3 is 2.77 bits per heavy atom. The molecule has 132 valence electrons. The number of hydrogen-bond donors (Lipinski definition) is 1. The maximum atomic E-state index is 11.1. The first-order chi connectivity index (χ1) is 12.7. The number of aromatic nitrogens is 2. The summed E-state index contributed by atoms with van der Waals surface area (Å²) in [6.07, 6.45) is 4.03. The highest BCUT2D eigenvalue weighted by atomic mass is 16.5. The third-order valence-corrected chi connectivity index (χ3v) is 4.56. The van der Waals surface area contributed by atoms with Gasteiger partial charge in [0.05, 0.1) is 36.2 Å². The lowest BCUT2D eigenvalue weighted by Gasteiger charge is -2.28. The van der Waals surface area contributed by atoms with E-state index in [1.807, 2.05) is 18.3 Å². The van der Waals surface area contributed by atoms with E-state index >= 15 is 0 Å². The molecule has 0 radical (unpaired) electrons. The van der Waals surface area contributed by atoms with Gasteiger partial charge in [-0.25, -0.2) is 4.79 Å². The molecule has 1 aliphatic rings. The van der Waals surface area contributed by atoms with Crippen molar-refractivity contribution < 1.29 is 14.6 Å². The number of ether oxygens (including phenoxy) is 1. The molecule has 3 heterocycles. The summed E-state index contributed by atoms with van der Waals surface area (Å²) in [7, 11) is 0. The number of hydrogen-bond acceptors (Lipinski definition) is 5. The standard InChI is InChI=1S/C20H19N3O3/c24-20(25)15-3-4-21-17(11-15)10-14-1-2-19-16(9-14)12-18(13-22-19)23-5-7-26-8-6-23/h1-4,9,11-13H,5-8,10H2,(H,24,25). The highest BCUT2D eigenvalue weighted by Gasteiger charge is 2.12. The van der Waals surface area contributed by atoms with Crippen molar-refractivity contribution in [2.24, 2.45) is 0 Å². The van der Waals surface area contributed by atoms with Crippen LogP contribution in [-0.2, 0) is 11.2 Å². The van der Waals surface area contributed by atoms with Crippen LogP contribution in [0.5, 0.6) is 0 Å². The fraction of sp³-hybridized carbons (Fsp3) is 0.250. The number of carboxylic acid groups (broad SMARTS) is 1. The zero-order valence-electron chi connectivity index (χ0n) is 14.3. The number of benzene rings is 1. The van der Waals surface area contributed by atoms with Crippen molar-refractivity contribution in [3.8, 4) is 0 Å². The lowest BCUT2D eigenvalue weighted by atomic mass is 10.0. The van der Waals surface area contributed by atoms with Crippen molar-refractivity contribution in [2.45, 2.75) is 6.42 Å². The normalized spacial score (nSPS) is 14.5. The minimum atomic E-state index is -0.938. The molecule has 2 aromatic heterocycles. The monoisotopic (exact) mass is 349 g/mol. The summed E-state index contributed by atoms with van der Waals surface area (Å²) in [6.45, 7) is 3.23. The maximum absolute atomic E-state index is 11.1. The Labute approximate surface area is 151 Å². The van der Waals surface area contributed by atoms with Crippen LogP contribution in [0.15, 0.2) is 48.8 Å². The van der Waals surface area contributed by atoms with Crippen LogP contribution in [0.3, 0.4) is 0 Å². The van der Waals surface area contributed by atoms with E-state index in [2.05, 4.69) is 27.0 Å². The zero-order valence-corrected chi connectivity index (χ0v) is 14.3. The number of carboxylic acids is 1. The molecule has 0 bridgehead atoms. The molecule has 6 nitrogen and oxygen atoms in total. The van der Waals surface area contributed by atoms with Crippen molar-refractivity contribution in [1.82, 2.24) is 9.97 Å². The van der Waals surface area contributed by atoms with Crippen molar-refractivity contribution >= 4 is 22.6 Å². The number of fused-ring (bicyclic) bond motifs is 1. The lowest BCUT2D eigenvalue weighted by molar-refractivity contribution is 0.0696. The quantitative estimate of drug-likeness (QED) is 0.781. The van der Waals surface area contributed by atoms with Gasteiger partial charge in [0, 0.05) is 36.8 Å². The van der Waals surface area contributed by atoms with Crippen LogP contribution < -0.4 is 4.90 Å². The third kappa shape index (κ3) is 3.50. The molecule has 0 amide bonds. The Morgan fingerprint density at radius 1 is 1.12 bits per heavy atom. The minimum Gasteiger partial charge on any atom is -0.478 e. The second-order valence-electron chi connectivity index (χ2n) is 6.34. The Bertz CT molecular complexity index is 952.